The van der Waals surface area contributed by atoms with Gasteiger partial charge in [-0.2, -0.15) is 4.72 Å². The van der Waals surface area contributed by atoms with E-state index in [1.54, 1.807) is 12.1 Å². The molecule has 0 bridgehead atoms. The average molecular weight is 308 g/mol. The van der Waals surface area contributed by atoms with Crippen molar-refractivity contribution >= 4 is 26.7 Å². The second-order valence-electron chi connectivity index (χ2n) is 5.18. The Bertz CT molecular complexity index is 784. The van der Waals surface area contributed by atoms with E-state index in [9.17, 15) is 13.2 Å². The summed E-state index contributed by atoms with van der Waals surface area (Å²) in [6.45, 7) is 2.72. The lowest BCUT2D eigenvalue weighted by Gasteiger charge is -2.23. The normalized spacial score (nSPS) is 12.3. The molecule has 0 radical (unpaired) electrons. The Balaban J connectivity index is 2.40. The first kappa shape index (κ1) is 15.4. The summed E-state index contributed by atoms with van der Waals surface area (Å²) in [5.74, 6) is -0.841. The van der Waals surface area contributed by atoms with Gasteiger partial charge in [0, 0.05) is 0 Å². The number of amides is 1. The zero-order chi connectivity index (χ0) is 15.7. The smallest absolute Gasteiger partial charge is 0.264 e. The summed E-state index contributed by atoms with van der Waals surface area (Å²) in [4.78, 5) is 11.5. The number of carbonyl (C=O) groups excluding carboxylic acids is 1. The van der Waals surface area contributed by atoms with Crippen molar-refractivity contribution in [2.24, 2.45) is 0 Å². The molecule has 2 aromatic carbocycles. The van der Waals surface area contributed by atoms with Crippen LogP contribution in [0.15, 0.2) is 47.4 Å². The number of fused-ring (bicyclic) bond motifs is 1. The highest BCUT2D eigenvalue weighted by atomic mass is 32.2. The van der Waals surface area contributed by atoms with E-state index in [1.165, 1.54) is 31.5 Å². The van der Waals surface area contributed by atoms with Gasteiger partial charge in [-0.05, 0) is 36.8 Å². The lowest BCUT2D eigenvalue weighted by atomic mass is 10.1. The van der Waals surface area contributed by atoms with Crippen LogP contribution in [0.1, 0.15) is 13.8 Å². The fourth-order valence-corrected chi connectivity index (χ4v) is 3.33. The highest BCUT2D eigenvalue weighted by Crippen LogP contribution is 2.20. The van der Waals surface area contributed by atoms with Gasteiger partial charge < -0.3 is 0 Å². The van der Waals surface area contributed by atoms with Crippen LogP contribution < -0.4 is 10.2 Å². The third kappa shape index (κ3) is 3.21. The fraction of sp³-hybridized carbons (Fsp3) is 0.214. The van der Waals surface area contributed by atoms with E-state index in [0.717, 1.165) is 10.8 Å². The Labute approximate surface area is 122 Å². The molecule has 0 saturated carbocycles. The monoisotopic (exact) mass is 308 g/mol. The van der Waals surface area contributed by atoms with Crippen LogP contribution >= 0.6 is 0 Å². The van der Waals surface area contributed by atoms with Crippen LogP contribution in [0.2, 0.25) is 0 Å². The molecule has 0 aliphatic heterocycles. The number of nitrogens with one attached hydrogen (secondary N) is 2. The van der Waals surface area contributed by atoms with Gasteiger partial charge in [0.15, 0.2) is 0 Å². The van der Waals surface area contributed by atoms with E-state index in [1.807, 2.05) is 18.2 Å². The Kier molecular flexibility index (Phi) is 3.99. The molecule has 0 aliphatic carbocycles. The highest BCUT2D eigenvalue weighted by molar-refractivity contribution is 7.89. The third-order valence-corrected chi connectivity index (χ3v) is 4.74. The summed E-state index contributed by atoms with van der Waals surface area (Å²) < 4.78 is 26.9. The van der Waals surface area contributed by atoms with Gasteiger partial charge in [-0.1, -0.05) is 30.3 Å². The maximum absolute atomic E-state index is 12.3. The maximum Gasteiger partial charge on any atom is 0.264 e. The van der Waals surface area contributed by atoms with Gasteiger partial charge in [-0.15, -0.1) is 0 Å². The van der Waals surface area contributed by atoms with Crippen molar-refractivity contribution in [1.82, 2.24) is 10.2 Å². The van der Waals surface area contributed by atoms with E-state index in [-0.39, 0.29) is 4.90 Å². The highest BCUT2D eigenvalue weighted by Gasteiger charge is 2.33. The van der Waals surface area contributed by atoms with Crippen LogP contribution in [0.3, 0.4) is 0 Å². The van der Waals surface area contributed by atoms with E-state index >= 15 is 0 Å². The van der Waals surface area contributed by atoms with Crippen molar-refractivity contribution in [2.75, 3.05) is 0 Å². The van der Waals surface area contributed by atoms with E-state index in [2.05, 4.69) is 4.72 Å². The topological polar surface area (TPSA) is 95.5 Å². The van der Waals surface area contributed by atoms with Crippen LogP contribution in [0.25, 0.3) is 10.8 Å². The fourth-order valence-electron chi connectivity index (χ4n) is 1.92. The summed E-state index contributed by atoms with van der Waals surface area (Å²) in [6.07, 6.45) is 0. The van der Waals surface area contributed by atoms with Gasteiger partial charge in [0.25, 0.3) is 5.91 Å². The predicted molar refractivity (Wildman–Crippen MR) is 78.3 cm³/mol. The van der Waals surface area contributed by atoms with Gasteiger partial charge >= 0.3 is 0 Å². The average Bonchev–Trinajstić information content (AvgIpc) is 2.44. The first-order valence-electron chi connectivity index (χ1n) is 6.23. The summed E-state index contributed by atoms with van der Waals surface area (Å²) in [5, 5.41) is 10.3. The molecule has 0 unspecified atom stereocenters. The molecule has 21 heavy (non-hydrogen) atoms. The molecule has 0 fully saturated rings. The molecule has 0 heterocycles. The number of carbonyl (C=O) groups is 1. The van der Waals surface area contributed by atoms with Gasteiger partial charge in [0.05, 0.1) is 4.90 Å². The first-order chi connectivity index (χ1) is 9.76. The molecule has 2 aromatic rings. The number of sulfonamides is 1. The number of hydroxylamine groups is 1. The SMILES string of the molecule is CC(C)(NS(=O)(=O)c1ccc2ccccc2c1)C(=O)NO. The van der Waals surface area contributed by atoms with E-state index < -0.39 is 21.5 Å². The third-order valence-electron chi connectivity index (χ3n) is 3.09. The molecule has 7 heteroatoms. The molecule has 3 N–H and O–H groups in total. The van der Waals surface area contributed by atoms with Gasteiger partial charge in [0.1, 0.15) is 5.54 Å². The van der Waals surface area contributed by atoms with Crippen LogP contribution in [0, 0.1) is 0 Å². The first-order valence-corrected chi connectivity index (χ1v) is 7.72. The molecule has 0 saturated heterocycles. The second-order valence-corrected chi connectivity index (χ2v) is 6.86. The number of hydrogen-bond donors (Lipinski definition) is 3. The lowest BCUT2D eigenvalue weighted by molar-refractivity contribution is -0.134. The van der Waals surface area contributed by atoms with Crippen LogP contribution in [-0.4, -0.2) is 25.1 Å². The van der Waals surface area contributed by atoms with Crippen LogP contribution in [0.4, 0.5) is 0 Å². The lowest BCUT2D eigenvalue weighted by Crippen LogP contribution is -2.53. The standard InChI is InChI=1S/C14H16N2O4S/c1-14(2,13(17)15-18)16-21(19,20)12-8-7-10-5-3-4-6-11(10)9-12/h3-9,16,18H,1-2H3,(H,15,17). The molecular formula is C14H16N2O4S. The Morgan fingerprint density at radius 2 is 1.71 bits per heavy atom. The van der Waals surface area contributed by atoms with Crippen LogP contribution in [0.5, 0.6) is 0 Å². The second kappa shape index (κ2) is 5.44. The van der Waals surface area contributed by atoms with Gasteiger partial charge in [-0.25, -0.2) is 13.9 Å². The van der Waals surface area contributed by atoms with Crippen molar-refractivity contribution in [3.8, 4) is 0 Å². The molecule has 0 aliphatic rings. The number of hydrogen-bond acceptors (Lipinski definition) is 4. The predicted octanol–water partition coefficient (Wildman–Crippen LogP) is 1.40. The Hall–Kier alpha value is -1.96. The molecule has 2 rings (SSSR count). The summed E-state index contributed by atoms with van der Waals surface area (Å²) in [6, 6.07) is 12.1. The Morgan fingerprint density at radius 3 is 2.33 bits per heavy atom. The molecule has 0 spiro atoms. The van der Waals surface area contributed by atoms with E-state index in [4.69, 9.17) is 5.21 Å². The molecular weight excluding hydrogens is 292 g/mol. The largest absolute Gasteiger partial charge is 0.289 e. The minimum Gasteiger partial charge on any atom is -0.289 e. The summed E-state index contributed by atoms with van der Waals surface area (Å²) >= 11 is 0. The summed E-state index contributed by atoms with van der Waals surface area (Å²) in [7, 11) is -3.89. The van der Waals surface area contributed by atoms with Crippen molar-refractivity contribution < 1.29 is 18.4 Å². The minimum atomic E-state index is -3.89. The van der Waals surface area contributed by atoms with Gasteiger partial charge in [-0.3, -0.25) is 10.0 Å². The summed E-state index contributed by atoms with van der Waals surface area (Å²) in [5.41, 5.74) is -0.0299. The van der Waals surface area contributed by atoms with Crippen molar-refractivity contribution in [2.45, 2.75) is 24.3 Å². The zero-order valence-corrected chi connectivity index (χ0v) is 12.4. The molecule has 0 atom stereocenters. The molecule has 112 valence electrons. The van der Waals surface area contributed by atoms with E-state index in [0.29, 0.717) is 0 Å². The number of benzene rings is 2. The number of rotatable bonds is 4. The van der Waals surface area contributed by atoms with Crippen LogP contribution in [-0.2, 0) is 14.8 Å². The minimum absolute atomic E-state index is 0.0556. The van der Waals surface area contributed by atoms with Crippen molar-refractivity contribution in [1.29, 1.82) is 0 Å². The zero-order valence-electron chi connectivity index (χ0n) is 11.6. The van der Waals surface area contributed by atoms with Crippen molar-refractivity contribution in [3.05, 3.63) is 42.5 Å². The van der Waals surface area contributed by atoms with Gasteiger partial charge in [0.2, 0.25) is 10.0 Å². The molecule has 1 amide bonds. The van der Waals surface area contributed by atoms with Crippen molar-refractivity contribution in [3.63, 3.8) is 0 Å². The molecule has 0 aromatic heterocycles. The Morgan fingerprint density at radius 1 is 1.10 bits per heavy atom. The maximum atomic E-state index is 12.3. The quantitative estimate of drug-likeness (QED) is 0.587. The molecule has 6 nitrogen and oxygen atoms in total.